The number of carbonyl (C=O) groups excluding carboxylic acids is 1. The van der Waals surface area contributed by atoms with Crippen molar-refractivity contribution in [3.8, 4) is 0 Å². The van der Waals surface area contributed by atoms with E-state index in [1.165, 1.54) is 7.11 Å². The summed E-state index contributed by atoms with van der Waals surface area (Å²) in [5.41, 5.74) is 2.69. The van der Waals surface area contributed by atoms with Gasteiger partial charge in [0.1, 0.15) is 0 Å². The number of rotatable bonds is 3. The highest BCUT2D eigenvalue weighted by atomic mass is 16.5. The van der Waals surface area contributed by atoms with Crippen LogP contribution in [0.4, 0.5) is 0 Å². The number of ether oxygens (including phenoxy) is 1. The summed E-state index contributed by atoms with van der Waals surface area (Å²) in [6.45, 7) is 0. The Hall–Kier alpha value is -2.23. The molecule has 0 aliphatic carbocycles. The van der Waals surface area contributed by atoms with Gasteiger partial charge in [0.2, 0.25) is 0 Å². The zero-order valence-corrected chi connectivity index (χ0v) is 9.46. The molecule has 0 fully saturated rings. The minimum absolute atomic E-state index is 0.248. The van der Waals surface area contributed by atoms with Gasteiger partial charge in [-0.3, -0.25) is 14.8 Å². The second-order valence-corrected chi connectivity index (χ2v) is 3.49. The smallest absolute Gasteiger partial charge is 0.309 e. The predicted octanol–water partition coefficient (Wildman–Crippen LogP) is 2.21. The average molecular weight is 228 g/mol. The van der Waals surface area contributed by atoms with Crippen molar-refractivity contribution in [2.24, 2.45) is 0 Å². The highest BCUT2D eigenvalue weighted by molar-refractivity contribution is 5.78. The van der Waals surface area contributed by atoms with Crippen LogP contribution in [-0.2, 0) is 9.53 Å². The standard InChI is InChI=1S/C13H12N2O2/c1-17-13(16)4-2-3-10-5-6-11-12(9-10)15-8-7-14-11/h2-3,5-9H,4H2,1H3. The van der Waals surface area contributed by atoms with Gasteiger partial charge in [0.25, 0.3) is 0 Å². The van der Waals surface area contributed by atoms with Gasteiger partial charge in [-0.2, -0.15) is 0 Å². The molecule has 17 heavy (non-hydrogen) atoms. The lowest BCUT2D eigenvalue weighted by Crippen LogP contribution is -1.96. The fraction of sp³-hybridized carbons (Fsp3) is 0.154. The van der Waals surface area contributed by atoms with Crippen LogP contribution in [0, 0.1) is 0 Å². The number of fused-ring (bicyclic) bond motifs is 1. The first-order valence-corrected chi connectivity index (χ1v) is 5.24. The zero-order chi connectivity index (χ0) is 12.1. The summed E-state index contributed by atoms with van der Waals surface area (Å²) in [6.07, 6.45) is 7.22. The van der Waals surface area contributed by atoms with Crippen LogP contribution in [0.15, 0.2) is 36.7 Å². The molecule has 2 rings (SSSR count). The molecule has 0 aliphatic heterocycles. The van der Waals surface area contributed by atoms with Crippen LogP contribution >= 0.6 is 0 Å². The summed E-state index contributed by atoms with van der Waals surface area (Å²) in [7, 11) is 1.38. The molecule has 0 amide bonds. The predicted molar refractivity (Wildman–Crippen MR) is 65.2 cm³/mol. The Morgan fingerprint density at radius 1 is 1.29 bits per heavy atom. The second-order valence-electron chi connectivity index (χ2n) is 3.49. The summed E-state index contributed by atoms with van der Waals surface area (Å²) in [5.74, 6) is -0.248. The number of esters is 1. The van der Waals surface area contributed by atoms with E-state index in [1.54, 1.807) is 18.5 Å². The number of aromatic nitrogens is 2. The third-order valence-corrected chi connectivity index (χ3v) is 2.32. The maximum atomic E-state index is 10.9. The summed E-state index contributed by atoms with van der Waals surface area (Å²) in [4.78, 5) is 19.3. The molecule has 0 spiro atoms. The molecule has 1 heterocycles. The molecule has 1 aromatic heterocycles. The first kappa shape index (κ1) is 11.3. The number of hydrogen-bond donors (Lipinski definition) is 0. The molecule has 86 valence electrons. The minimum Gasteiger partial charge on any atom is -0.469 e. The van der Waals surface area contributed by atoms with Crippen molar-refractivity contribution in [1.29, 1.82) is 0 Å². The van der Waals surface area contributed by atoms with Crippen molar-refractivity contribution in [3.63, 3.8) is 0 Å². The second kappa shape index (κ2) is 5.21. The quantitative estimate of drug-likeness (QED) is 0.756. The van der Waals surface area contributed by atoms with E-state index in [0.717, 1.165) is 16.6 Å². The topological polar surface area (TPSA) is 52.1 Å². The molecule has 0 N–H and O–H groups in total. The van der Waals surface area contributed by atoms with Crippen LogP contribution in [0.3, 0.4) is 0 Å². The maximum Gasteiger partial charge on any atom is 0.309 e. The molecule has 0 bridgehead atoms. The Labute approximate surface area is 99.0 Å². The summed E-state index contributed by atoms with van der Waals surface area (Å²) >= 11 is 0. The van der Waals surface area contributed by atoms with Gasteiger partial charge in [-0.25, -0.2) is 0 Å². The van der Waals surface area contributed by atoms with Gasteiger partial charge >= 0.3 is 5.97 Å². The van der Waals surface area contributed by atoms with Crippen LogP contribution in [0.1, 0.15) is 12.0 Å². The van der Waals surface area contributed by atoms with Crippen LogP contribution in [0.2, 0.25) is 0 Å². The van der Waals surface area contributed by atoms with Crippen LogP contribution < -0.4 is 0 Å². The van der Waals surface area contributed by atoms with Crippen LogP contribution in [0.5, 0.6) is 0 Å². The Morgan fingerprint density at radius 2 is 2.06 bits per heavy atom. The number of nitrogens with zero attached hydrogens (tertiary/aromatic N) is 2. The summed E-state index contributed by atoms with van der Waals surface area (Å²) in [5, 5.41) is 0. The maximum absolute atomic E-state index is 10.9. The van der Waals surface area contributed by atoms with E-state index < -0.39 is 0 Å². The Kier molecular flexibility index (Phi) is 3.45. The normalized spacial score (nSPS) is 10.9. The van der Waals surface area contributed by atoms with E-state index in [9.17, 15) is 4.79 Å². The van der Waals surface area contributed by atoms with Crippen molar-refractivity contribution in [2.45, 2.75) is 6.42 Å². The zero-order valence-electron chi connectivity index (χ0n) is 9.46. The van der Waals surface area contributed by atoms with E-state index in [0.29, 0.717) is 0 Å². The number of carbonyl (C=O) groups is 1. The van der Waals surface area contributed by atoms with E-state index in [4.69, 9.17) is 0 Å². The van der Waals surface area contributed by atoms with Crippen molar-refractivity contribution >= 4 is 23.1 Å². The Bertz CT molecular complexity index is 564. The van der Waals surface area contributed by atoms with Gasteiger partial charge in [-0.1, -0.05) is 18.2 Å². The molecule has 0 aliphatic rings. The van der Waals surface area contributed by atoms with Crippen LogP contribution in [-0.4, -0.2) is 23.0 Å². The molecule has 1 aromatic carbocycles. The summed E-state index contributed by atoms with van der Waals surface area (Å²) in [6, 6.07) is 5.76. The van der Waals surface area contributed by atoms with Crippen LogP contribution in [0.25, 0.3) is 17.1 Å². The molecule has 2 aromatic rings. The number of methoxy groups -OCH3 is 1. The first-order chi connectivity index (χ1) is 8.29. The van der Waals surface area contributed by atoms with Gasteiger partial charge in [0, 0.05) is 12.4 Å². The third kappa shape index (κ3) is 2.87. The van der Waals surface area contributed by atoms with Crippen molar-refractivity contribution in [3.05, 3.63) is 42.2 Å². The number of hydrogen-bond acceptors (Lipinski definition) is 4. The average Bonchev–Trinajstić information content (AvgIpc) is 2.38. The SMILES string of the molecule is COC(=O)CC=Cc1ccc2nccnc2c1. The molecule has 0 saturated carbocycles. The highest BCUT2D eigenvalue weighted by Gasteiger charge is 1.97. The lowest BCUT2D eigenvalue weighted by Gasteiger charge is -1.97. The van der Waals surface area contributed by atoms with E-state index in [1.807, 2.05) is 24.3 Å². The molecule has 0 saturated heterocycles. The van der Waals surface area contributed by atoms with Gasteiger partial charge < -0.3 is 4.74 Å². The van der Waals surface area contributed by atoms with Crippen molar-refractivity contribution < 1.29 is 9.53 Å². The molecule has 4 heteroatoms. The molecular weight excluding hydrogens is 216 g/mol. The van der Waals surface area contributed by atoms with E-state index >= 15 is 0 Å². The minimum atomic E-state index is -0.248. The first-order valence-electron chi connectivity index (χ1n) is 5.24. The van der Waals surface area contributed by atoms with Gasteiger partial charge in [-0.05, 0) is 17.7 Å². The monoisotopic (exact) mass is 228 g/mol. The fourth-order valence-electron chi connectivity index (χ4n) is 1.46. The lowest BCUT2D eigenvalue weighted by molar-refractivity contribution is -0.139. The molecule has 4 nitrogen and oxygen atoms in total. The molecule has 0 radical (unpaired) electrons. The lowest BCUT2D eigenvalue weighted by atomic mass is 10.1. The Balaban J connectivity index is 2.16. The highest BCUT2D eigenvalue weighted by Crippen LogP contribution is 2.12. The van der Waals surface area contributed by atoms with E-state index in [2.05, 4.69) is 14.7 Å². The van der Waals surface area contributed by atoms with Gasteiger partial charge in [0.15, 0.2) is 0 Å². The van der Waals surface area contributed by atoms with Gasteiger partial charge in [0.05, 0.1) is 24.6 Å². The molecule has 0 unspecified atom stereocenters. The third-order valence-electron chi connectivity index (χ3n) is 2.32. The van der Waals surface area contributed by atoms with Crippen molar-refractivity contribution in [2.75, 3.05) is 7.11 Å². The van der Waals surface area contributed by atoms with Crippen molar-refractivity contribution in [1.82, 2.24) is 9.97 Å². The Morgan fingerprint density at radius 3 is 2.82 bits per heavy atom. The molecule has 0 atom stereocenters. The van der Waals surface area contributed by atoms with Gasteiger partial charge in [-0.15, -0.1) is 0 Å². The number of benzene rings is 1. The fourth-order valence-corrected chi connectivity index (χ4v) is 1.46. The van der Waals surface area contributed by atoms with E-state index in [-0.39, 0.29) is 12.4 Å². The molecular formula is C13H12N2O2. The summed E-state index contributed by atoms with van der Waals surface area (Å²) < 4.78 is 4.55. The largest absolute Gasteiger partial charge is 0.469 e.